The van der Waals surface area contributed by atoms with Crippen molar-refractivity contribution in [2.24, 2.45) is 4.99 Å². The van der Waals surface area contributed by atoms with Gasteiger partial charge in [-0.25, -0.2) is 4.99 Å². The molecule has 1 aromatic rings. The maximum absolute atomic E-state index is 12.1. The molecule has 0 atom stereocenters. The first-order chi connectivity index (χ1) is 13.7. The van der Waals surface area contributed by atoms with Crippen molar-refractivity contribution in [2.75, 3.05) is 32.8 Å². The largest absolute Gasteiger partial charge is 0.494 e. The van der Waals surface area contributed by atoms with E-state index in [-0.39, 0.29) is 0 Å². The Morgan fingerprint density at radius 3 is 2.93 bits per heavy atom. The number of ether oxygens (including phenoxy) is 1. The fourth-order valence-corrected chi connectivity index (χ4v) is 3.22. The van der Waals surface area contributed by atoms with Crippen molar-refractivity contribution in [3.05, 3.63) is 29.8 Å². The van der Waals surface area contributed by atoms with Crippen LogP contribution in [-0.4, -0.2) is 49.6 Å². The molecule has 0 aliphatic carbocycles. The van der Waals surface area contributed by atoms with Crippen molar-refractivity contribution < 1.29 is 9.53 Å². The molecule has 0 unspecified atom stereocenters. The molecule has 0 saturated carbocycles. The highest BCUT2D eigenvalue weighted by Gasteiger charge is 2.15. The van der Waals surface area contributed by atoms with Crippen LogP contribution in [0.25, 0.3) is 0 Å². The summed E-state index contributed by atoms with van der Waals surface area (Å²) >= 11 is 0. The van der Waals surface area contributed by atoms with Crippen LogP contribution in [0.2, 0.25) is 0 Å². The Morgan fingerprint density at radius 2 is 2.11 bits per heavy atom. The molecule has 0 radical (unpaired) electrons. The van der Waals surface area contributed by atoms with E-state index in [1.54, 1.807) is 0 Å². The zero-order chi connectivity index (χ0) is 20.0. The van der Waals surface area contributed by atoms with Crippen molar-refractivity contribution in [1.82, 2.24) is 15.5 Å². The van der Waals surface area contributed by atoms with Crippen LogP contribution in [0.4, 0.5) is 0 Å². The summed E-state index contributed by atoms with van der Waals surface area (Å²) in [6, 6.07) is 8.11. The Balaban J connectivity index is 1.79. The molecule has 0 aromatic heterocycles. The summed E-state index contributed by atoms with van der Waals surface area (Å²) in [7, 11) is 0. The minimum atomic E-state index is 0.309. The van der Waals surface area contributed by atoms with Gasteiger partial charge in [0.25, 0.3) is 0 Å². The number of carbonyl (C=O) groups excluding carboxylic acids is 1. The van der Waals surface area contributed by atoms with E-state index in [1.807, 2.05) is 23.1 Å². The van der Waals surface area contributed by atoms with Gasteiger partial charge in [-0.15, -0.1) is 0 Å². The molecule has 1 aromatic carbocycles. The summed E-state index contributed by atoms with van der Waals surface area (Å²) in [6.45, 7) is 8.84. The average molecular weight is 389 g/mol. The van der Waals surface area contributed by atoms with Crippen molar-refractivity contribution in [1.29, 1.82) is 0 Å². The molecular formula is C22H36N4O2. The Hall–Kier alpha value is -2.24. The summed E-state index contributed by atoms with van der Waals surface area (Å²) in [4.78, 5) is 18.7. The third kappa shape index (κ3) is 8.19. The molecule has 1 amide bonds. The van der Waals surface area contributed by atoms with Crippen LogP contribution < -0.4 is 15.4 Å². The molecule has 1 fully saturated rings. The Labute approximate surface area is 169 Å². The van der Waals surface area contributed by atoms with E-state index in [1.165, 1.54) is 6.42 Å². The summed E-state index contributed by atoms with van der Waals surface area (Å²) < 4.78 is 5.69. The molecular weight excluding hydrogens is 352 g/mol. The van der Waals surface area contributed by atoms with Crippen LogP contribution >= 0.6 is 0 Å². The van der Waals surface area contributed by atoms with E-state index in [4.69, 9.17) is 4.74 Å². The molecule has 2 N–H and O–H groups in total. The van der Waals surface area contributed by atoms with Crippen LogP contribution in [0.3, 0.4) is 0 Å². The summed E-state index contributed by atoms with van der Waals surface area (Å²) in [5.41, 5.74) is 1.13. The lowest BCUT2D eigenvalue weighted by molar-refractivity contribution is -0.130. The van der Waals surface area contributed by atoms with E-state index >= 15 is 0 Å². The van der Waals surface area contributed by atoms with Gasteiger partial charge in [-0.1, -0.05) is 25.5 Å². The molecule has 6 nitrogen and oxygen atoms in total. The smallest absolute Gasteiger partial charge is 0.222 e. The topological polar surface area (TPSA) is 66.0 Å². The van der Waals surface area contributed by atoms with Gasteiger partial charge in [-0.2, -0.15) is 0 Å². The third-order valence-electron chi connectivity index (χ3n) is 4.70. The van der Waals surface area contributed by atoms with Gasteiger partial charge in [0.2, 0.25) is 5.91 Å². The number of amides is 1. The summed E-state index contributed by atoms with van der Waals surface area (Å²) in [5, 5.41) is 6.67. The Bertz CT molecular complexity index is 618. The van der Waals surface area contributed by atoms with Gasteiger partial charge in [-0.3, -0.25) is 4.79 Å². The van der Waals surface area contributed by atoms with Gasteiger partial charge in [0.1, 0.15) is 5.75 Å². The number of benzene rings is 1. The van der Waals surface area contributed by atoms with E-state index in [2.05, 4.69) is 35.5 Å². The highest BCUT2D eigenvalue weighted by Crippen LogP contribution is 2.14. The SMILES string of the molecule is CCCOc1cccc(CN=C(NCC)NCCCN2CCCCCC2=O)c1. The van der Waals surface area contributed by atoms with Crippen molar-refractivity contribution in [2.45, 2.75) is 58.9 Å². The maximum atomic E-state index is 12.1. The number of aliphatic imine (C=N–C) groups is 1. The number of guanidine groups is 1. The van der Waals surface area contributed by atoms with E-state index in [0.717, 1.165) is 75.7 Å². The first kappa shape index (κ1) is 22.1. The van der Waals surface area contributed by atoms with Gasteiger partial charge in [-0.05, 0) is 50.3 Å². The lowest BCUT2D eigenvalue weighted by atomic mass is 10.2. The van der Waals surface area contributed by atoms with Gasteiger partial charge in [0, 0.05) is 32.6 Å². The lowest BCUT2D eigenvalue weighted by Gasteiger charge is -2.20. The van der Waals surface area contributed by atoms with Gasteiger partial charge in [0.15, 0.2) is 5.96 Å². The number of carbonyl (C=O) groups is 1. The predicted molar refractivity (Wildman–Crippen MR) is 115 cm³/mol. The molecule has 6 heteroatoms. The Morgan fingerprint density at radius 1 is 1.21 bits per heavy atom. The second kappa shape index (κ2) is 13.0. The number of hydrogen-bond acceptors (Lipinski definition) is 3. The first-order valence-electron chi connectivity index (χ1n) is 10.7. The quantitative estimate of drug-likeness (QED) is 0.367. The van der Waals surface area contributed by atoms with Crippen LogP contribution in [0, 0.1) is 0 Å². The van der Waals surface area contributed by atoms with Crippen LogP contribution in [0.5, 0.6) is 5.75 Å². The molecule has 0 spiro atoms. The Kier molecular flexibility index (Phi) is 10.3. The second-order valence-electron chi connectivity index (χ2n) is 7.16. The highest BCUT2D eigenvalue weighted by atomic mass is 16.5. The molecule has 0 bridgehead atoms. The highest BCUT2D eigenvalue weighted by molar-refractivity contribution is 5.79. The van der Waals surface area contributed by atoms with Gasteiger partial charge < -0.3 is 20.3 Å². The van der Waals surface area contributed by atoms with Gasteiger partial charge in [0.05, 0.1) is 13.2 Å². The third-order valence-corrected chi connectivity index (χ3v) is 4.70. The molecule has 1 aliphatic rings. The second-order valence-corrected chi connectivity index (χ2v) is 7.16. The monoisotopic (exact) mass is 388 g/mol. The summed E-state index contributed by atoms with van der Waals surface area (Å²) in [5.74, 6) is 2.02. The van der Waals surface area contributed by atoms with Crippen LogP contribution in [-0.2, 0) is 11.3 Å². The fourth-order valence-electron chi connectivity index (χ4n) is 3.22. The zero-order valence-electron chi connectivity index (χ0n) is 17.5. The van der Waals surface area contributed by atoms with E-state index in [9.17, 15) is 4.79 Å². The zero-order valence-corrected chi connectivity index (χ0v) is 17.5. The minimum absolute atomic E-state index is 0.309. The van der Waals surface area contributed by atoms with Crippen LogP contribution in [0.1, 0.15) is 57.9 Å². The number of rotatable bonds is 10. The van der Waals surface area contributed by atoms with Crippen LogP contribution in [0.15, 0.2) is 29.3 Å². The maximum Gasteiger partial charge on any atom is 0.222 e. The van der Waals surface area contributed by atoms with E-state index in [0.29, 0.717) is 18.9 Å². The number of hydrogen-bond donors (Lipinski definition) is 2. The predicted octanol–water partition coefficient (Wildman–Crippen LogP) is 3.32. The fraction of sp³-hybridized carbons (Fsp3) is 0.636. The standard InChI is InChI=1S/C22H36N4O2/c1-3-16-28-20-11-8-10-19(17-20)18-25-22(23-4-2)24-13-9-15-26-14-7-5-6-12-21(26)27/h8,10-11,17H,3-7,9,12-16,18H2,1-2H3,(H2,23,24,25). The van der Waals surface area contributed by atoms with E-state index < -0.39 is 0 Å². The lowest BCUT2D eigenvalue weighted by Crippen LogP contribution is -2.39. The normalized spacial score (nSPS) is 15.3. The average Bonchev–Trinajstić information content (AvgIpc) is 2.92. The first-order valence-corrected chi connectivity index (χ1v) is 10.7. The molecule has 2 rings (SSSR count). The van der Waals surface area contributed by atoms with Gasteiger partial charge >= 0.3 is 0 Å². The minimum Gasteiger partial charge on any atom is -0.494 e. The van der Waals surface area contributed by atoms with Crippen molar-refractivity contribution in [3.8, 4) is 5.75 Å². The molecule has 1 aliphatic heterocycles. The molecule has 156 valence electrons. The van der Waals surface area contributed by atoms with Crippen molar-refractivity contribution in [3.63, 3.8) is 0 Å². The molecule has 1 heterocycles. The van der Waals surface area contributed by atoms with Crippen molar-refractivity contribution >= 4 is 11.9 Å². The summed E-state index contributed by atoms with van der Waals surface area (Å²) in [6.07, 6.45) is 5.97. The number of nitrogens with zero attached hydrogens (tertiary/aromatic N) is 2. The number of nitrogens with one attached hydrogen (secondary N) is 2. The molecule has 28 heavy (non-hydrogen) atoms. The molecule has 1 saturated heterocycles. The number of likely N-dealkylation sites (tertiary alicyclic amines) is 1.